The van der Waals surface area contributed by atoms with E-state index in [9.17, 15) is 10.1 Å². The van der Waals surface area contributed by atoms with Gasteiger partial charge in [0.2, 0.25) is 0 Å². The van der Waals surface area contributed by atoms with Crippen LogP contribution in [0.5, 0.6) is 5.75 Å². The third-order valence-electron chi connectivity index (χ3n) is 5.57. The Morgan fingerprint density at radius 2 is 1.59 bits per heavy atom. The molecule has 0 N–H and O–H groups in total. The molecule has 0 aliphatic rings. The second-order valence-corrected chi connectivity index (χ2v) is 8.84. The number of rotatable bonds is 7. The molecule has 0 aliphatic carbocycles. The van der Waals surface area contributed by atoms with Crippen LogP contribution in [-0.4, -0.2) is 13.0 Å². The van der Waals surface area contributed by atoms with Crippen molar-refractivity contribution in [3.63, 3.8) is 0 Å². The van der Waals surface area contributed by atoms with E-state index in [-0.39, 0.29) is 12.3 Å². The van der Waals surface area contributed by atoms with Crippen molar-refractivity contribution in [2.75, 3.05) is 11.9 Å². The van der Waals surface area contributed by atoms with Crippen LogP contribution in [-0.2, 0) is 11.2 Å². The quantitative estimate of drug-likeness (QED) is 0.275. The molecule has 6 heteroatoms. The number of hydrogen-bond acceptors (Lipinski definition) is 4. The molecule has 0 bridgehead atoms. The highest BCUT2D eigenvalue weighted by Crippen LogP contribution is 2.35. The number of halogens is 2. The predicted molar refractivity (Wildman–Crippen MR) is 130 cm³/mol. The molecule has 0 saturated heterocycles. The Balaban J connectivity index is 1.87. The summed E-state index contributed by atoms with van der Waals surface area (Å²) in [6.07, 6.45) is 0.232. The third kappa shape index (κ3) is 5.24. The van der Waals surface area contributed by atoms with Gasteiger partial charge in [0, 0.05) is 34.9 Å². The van der Waals surface area contributed by atoms with Crippen LogP contribution in [0.15, 0.2) is 72.8 Å². The molecular weight excluding hydrogens is 443 g/mol. The van der Waals surface area contributed by atoms with E-state index in [0.29, 0.717) is 15.8 Å². The third-order valence-corrected chi connectivity index (χ3v) is 6.07. The van der Waals surface area contributed by atoms with Gasteiger partial charge in [0.05, 0.1) is 6.07 Å². The Kier molecular flexibility index (Phi) is 7.45. The zero-order valence-electron chi connectivity index (χ0n) is 18.2. The zero-order valence-corrected chi connectivity index (χ0v) is 19.7. The van der Waals surface area contributed by atoms with E-state index in [0.717, 1.165) is 16.9 Å². The molecule has 3 rings (SSSR count). The summed E-state index contributed by atoms with van der Waals surface area (Å²) in [6, 6.07) is 24.1. The molecule has 0 fully saturated rings. The Morgan fingerprint density at radius 1 is 1.00 bits per heavy atom. The van der Waals surface area contributed by atoms with Gasteiger partial charge in [-0.1, -0.05) is 49.2 Å². The Morgan fingerprint density at radius 3 is 2.16 bits per heavy atom. The maximum Gasteiger partial charge on any atom is 0.332 e. The highest BCUT2D eigenvalue weighted by molar-refractivity contribution is 6.30. The summed E-state index contributed by atoms with van der Waals surface area (Å²) in [5.74, 6) is -0.477. The van der Waals surface area contributed by atoms with Crippen LogP contribution in [0, 0.1) is 22.7 Å². The number of nitriles is 1. The largest absolute Gasteiger partial charge is 0.425 e. The van der Waals surface area contributed by atoms with Crippen LogP contribution in [0.2, 0.25) is 10.0 Å². The smallest absolute Gasteiger partial charge is 0.332 e. The molecule has 0 aromatic heterocycles. The van der Waals surface area contributed by atoms with E-state index in [1.165, 1.54) is 0 Å². The van der Waals surface area contributed by atoms with Crippen molar-refractivity contribution in [3.05, 3.63) is 88.4 Å². The van der Waals surface area contributed by atoms with Gasteiger partial charge in [-0.05, 0) is 72.1 Å². The van der Waals surface area contributed by atoms with Crippen LogP contribution in [0.25, 0.3) is 0 Å². The molecule has 3 aromatic carbocycles. The van der Waals surface area contributed by atoms with E-state index in [1.807, 2.05) is 74.3 Å². The number of hydrogen-bond donors (Lipinski definition) is 0. The molecule has 3 aromatic rings. The first-order valence-corrected chi connectivity index (χ1v) is 11.0. The molecule has 1 atom stereocenters. The molecule has 0 aliphatic heterocycles. The molecule has 1 unspecified atom stereocenters. The van der Waals surface area contributed by atoms with Gasteiger partial charge in [0.25, 0.3) is 0 Å². The summed E-state index contributed by atoms with van der Waals surface area (Å²) in [6.45, 7) is 3.71. The van der Waals surface area contributed by atoms with Crippen LogP contribution < -0.4 is 9.64 Å². The fraction of sp³-hybridized carbons (Fsp3) is 0.231. The van der Waals surface area contributed by atoms with Crippen LogP contribution in [0.4, 0.5) is 11.4 Å². The van der Waals surface area contributed by atoms with Crippen LogP contribution in [0.3, 0.4) is 0 Å². The van der Waals surface area contributed by atoms with Crippen LogP contribution >= 0.6 is 23.2 Å². The van der Waals surface area contributed by atoms with Gasteiger partial charge in [0.1, 0.15) is 5.75 Å². The number of ether oxygens (including phenoxy) is 1. The van der Waals surface area contributed by atoms with Crippen molar-refractivity contribution in [3.8, 4) is 11.8 Å². The predicted octanol–water partition coefficient (Wildman–Crippen LogP) is 7.08. The Labute approximate surface area is 198 Å². The van der Waals surface area contributed by atoms with Crippen molar-refractivity contribution in [1.29, 1.82) is 5.26 Å². The number of anilines is 2. The van der Waals surface area contributed by atoms with E-state index < -0.39 is 11.4 Å². The standard InChI is InChI=1S/C26H24Cl2N2O2/c1-18(2)26(17-29,25(31)32-24-13-9-21(28)10-14-24)16-19-5-4-6-23(15-19)30(3)22-11-7-20(27)8-12-22/h4-15,18H,16H2,1-3H3. The van der Waals surface area contributed by atoms with Gasteiger partial charge in [-0.3, -0.25) is 0 Å². The van der Waals surface area contributed by atoms with E-state index >= 15 is 0 Å². The lowest BCUT2D eigenvalue weighted by atomic mass is 9.74. The van der Waals surface area contributed by atoms with Gasteiger partial charge in [-0.15, -0.1) is 0 Å². The number of benzene rings is 3. The lowest BCUT2D eigenvalue weighted by Gasteiger charge is -2.29. The summed E-state index contributed by atoms with van der Waals surface area (Å²) >= 11 is 11.9. The molecule has 0 amide bonds. The van der Waals surface area contributed by atoms with Gasteiger partial charge in [-0.25, -0.2) is 4.79 Å². The average molecular weight is 467 g/mol. The first kappa shape index (κ1) is 23.7. The van der Waals surface area contributed by atoms with Gasteiger partial charge in [0.15, 0.2) is 5.41 Å². The molecule has 32 heavy (non-hydrogen) atoms. The topological polar surface area (TPSA) is 53.3 Å². The monoisotopic (exact) mass is 466 g/mol. The maximum atomic E-state index is 13.2. The summed E-state index contributed by atoms with van der Waals surface area (Å²) in [5.41, 5.74) is 1.44. The van der Waals surface area contributed by atoms with Crippen molar-refractivity contribution < 1.29 is 9.53 Å². The number of nitrogens with zero attached hydrogens (tertiary/aromatic N) is 2. The molecular formula is C26H24Cl2N2O2. The minimum absolute atomic E-state index is 0.232. The van der Waals surface area contributed by atoms with Gasteiger partial charge in [-0.2, -0.15) is 5.26 Å². The lowest BCUT2D eigenvalue weighted by Crippen LogP contribution is -2.40. The first-order chi connectivity index (χ1) is 15.2. The second-order valence-electron chi connectivity index (χ2n) is 7.96. The Bertz CT molecular complexity index is 1120. The van der Waals surface area contributed by atoms with Crippen molar-refractivity contribution >= 4 is 40.5 Å². The summed E-state index contributed by atoms with van der Waals surface area (Å²) in [7, 11) is 1.96. The fourth-order valence-electron chi connectivity index (χ4n) is 3.44. The number of carbonyl (C=O) groups is 1. The minimum Gasteiger partial charge on any atom is -0.425 e. The lowest BCUT2D eigenvalue weighted by molar-refractivity contribution is -0.144. The molecule has 0 radical (unpaired) electrons. The van der Waals surface area contributed by atoms with Crippen molar-refractivity contribution in [2.24, 2.45) is 11.3 Å². The highest BCUT2D eigenvalue weighted by atomic mass is 35.5. The SMILES string of the molecule is CC(C)C(C#N)(Cc1cccc(N(C)c2ccc(Cl)cc2)c1)C(=O)Oc1ccc(Cl)cc1. The van der Waals surface area contributed by atoms with Crippen molar-refractivity contribution in [2.45, 2.75) is 20.3 Å². The molecule has 0 saturated carbocycles. The summed E-state index contributed by atoms with van der Waals surface area (Å²) < 4.78 is 5.57. The normalized spacial score (nSPS) is 12.7. The molecule has 0 heterocycles. The highest BCUT2D eigenvalue weighted by Gasteiger charge is 2.44. The maximum absolute atomic E-state index is 13.2. The summed E-state index contributed by atoms with van der Waals surface area (Å²) in [5, 5.41) is 11.3. The Hall–Kier alpha value is -3.00. The summed E-state index contributed by atoms with van der Waals surface area (Å²) in [4.78, 5) is 15.2. The van der Waals surface area contributed by atoms with Crippen molar-refractivity contribution in [1.82, 2.24) is 0 Å². The minimum atomic E-state index is -1.34. The molecule has 4 nitrogen and oxygen atoms in total. The van der Waals surface area contributed by atoms with Gasteiger partial charge < -0.3 is 9.64 Å². The first-order valence-electron chi connectivity index (χ1n) is 10.2. The van der Waals surface area contributed by atoms with E-state index in [1.54, 1.807) is 24.3 Å². The second kappa shape index (κ2) is 10.1. The average Bonchev–Trinajstić information content (AvgIpc) is 2.79. The zero-order chi connectivity index (χ0) is 23.3. The number of esters is 1. The van der Waals surface area contributed by atoms with E-state index in [2.05, 4.69) is 6.07 Å². The van der Waals surface area contributed by atoms with Gasteiger partial charge >= 0.3 is 5.97 Å². The van der Waals surface area contributed by atoms with Crippen LogP contribution in [0.1, 0.15) is 19.4 Å². The molecule has 164 valence electrons. The van der Waals surface area contributed by atoms with E-state index in [4.69, 9.17) is 27.9 Å². The number of carbonyl (C=O) groups excluding carboxylic acids is 1. The molecule has 0 spiro atoms. The fourth-order valence-corrected chi connectivity index (χ4v) is 3.69.